The number of anilines is 2. The van der Waals surface area contributed by atoms with Gasteiger partial charge < -0.3 is 5.32 Å². The van der Waals surface area contributed by atoms with Gasteiger partial charge in [0.05, 0.1) is 10.6 Å². The number of hydrogen-bond acceptors (Lipinski definition) is 6. The van der Waals surface area contributed by atoms with Crippen LogP contribution in [0.2, 0.25) is 0 Å². The summed E-state index contributed by atoms with van der Waals surface area (Å²) in [6, 6.07) is 17.3. The molecule has 4 rings (SSSR count). The van der Waals surface area contributed by atoms with Crippen molar-refractivity contribution in [3.05, 3.63) is 66.2 Å². The van der Waals surface area contributed by atoms with Crippen LogP contribution in [0.4, 0.5) is 10.8 Å². The van der Waals surface area contributed by atoms with E-state index in [-0.39, 0.29) is 10.8 Å². The third kappa shape index (κ3) is 4.32. The van der Waals surface area contributed by atoms with E-state index in [2.05, 4.69) is 20.0 Å². The fourth-order valence-corrected chi connectivity index (χ4v) is 4.79. The maximum Gasteiger partial charge on any atom is 0.261 e. The van der Waals surface area contributed by atoms with Crippen LogP contribution in [0.5, 0.6) is 0 Å². The number of hydrogen-bond donors (Lipinski definition) is 2. The van der Waals surface area contributed by atoms with Gasteiger partial charge in [-0.05, 0) is 43.3 Å². The quantitative estimate of drug-likeness (QED) is 0.480. The first-order chi connectivity index (χ1) is 14.3. The van der Waals surface area contributed by atoms with Crippen molar-refractivity contribution in [3.63, 3.8) is 0 Å². The van der Waals surface area contributed by atoms with Crippen molar-refractivity contribution in [1.29, 1.82) is 0 Å². The van der Waals surface area contributed by atoms with E-state index >= 15 is 0 Å². The minimum Gasteiger partial charge on any atom is -0.302 e. The Balaban J connectivity index is 1.63. The highest BCUT2D eigenvalue weighted by Gasteiger charge is 2.15. The van der Waals surface area contributed by atoms with Crippen molar-refractivity contribution >= 4 is 48.4 Å². The standard InChI is InChI=1S/C21H18N4O3S2/c1-13-6-8-17(9-7-13)30(27,28)25-16-5-3-4-15(12-16)18-10-11-19-20(23-18)29-21(24-19)22-14(2)26/h3-12,25H,1-2H3,(H,22,24,26). The highest BCUT2D eigenvalue weighted by Crippen LogP contribution is 2.29. The molecule has 4 aromatic rings. The van der Waals surface area contributed by atoms with Crippen LogP contribution in [0.25, 0.3) is 21.6 Å². The van der Waals surface area contributed by atoms with E-state index in [9.17, 15) is 13.2 Å². The van der Waals surface area contributed by atoms with Gasteiger partial charge in [-0.3, -0.25) is 9.52 Å². The lowest BCUT2D eigenvalue weighted by molar-refractivity contribution is -0.114. The van der Waals surface area contributed by atoms with Crippen molar-refractivity contribution in [2.24, 2.45) is 0 Å². The molecule has 0 atom stereocenters. The number of benzene rings is 2. The average molecular weight is 439 g/mol. The fourth-order valence-electron chi connectivity index (χ4n) is 2.86. The van der Waals surface area contributed by atoms with Gasteiger partial charge in [-0.2, -0.15) is 0 Å². The van der Waals surface area contributed by atoms with Gasteiger partial charge in [-0.25, -0.2) is 18.4 Å². The molecule has 9 heteroatoms. The molecule has 2 heterocycles. The van der Waals surface area contributed by atoms with Gasteiger partial charge >= 0.3 is 0 Å². The number of aromatic nitrogens is 2. The SMILES string of the molecule is CC(=O)Nc1nc2ccc(-c3cccc(NS(=O)(=O)c4ccc(C)cc4)c3)nc2s1. The molecule has 7 nitrogen and oxygen atoms in total. The number of rotatable bonds is 5. The first-order valence-electron chi connectivity index (χ1n) is 9.05. The Hall–Kier alpha value is -3.30. The molecular weight excluding hydrogens is 420 g/mol. The Morgan fingerprint density at radius 2 is 1.77 bits per heavy atom. The van der Waals surface area contributed by atoms with Gasteiger partial charge in [-0.15, -0.1) is 0 Å². The molecule has 2 N–H and O–H groups in total. The first-order valence-corrected chi connectivity index (χ1v) is 11.4. The van der Waals surface area contributed by atoms with Gasteiger partial charge in [-0.1, -0.05) is 41.2 Å². The number of aryl methyl sites for hydroxylation is 1. The molecule has 1 amide bonds. The molecular formula is C21H18N4O3S2. The minimum atomic E-state index is -3.69. The molecule has 0 aliphatic carbocycles. The highest BCUT2D eigenvalue weighted by atomic mass is 32.2. The Bertz CT molecular complexity index is 1350. The molecule has 0 spiro atoms. The van der Waals surface area contributed by atoms with E-state index in [1.807, 2.05) is 25.1 Å². The molecule has 0 saturated heterocycles. The van der Waals surface area contributed by atoms with Crippen molar-refractivity contribution in [2.75, 3.05) is 10.0 Å². The molecule has 30 heavy (non-hydrogen) atoms. The molecule has 0 radical (unpaired) electrons. The van der Waals surface area contributed by atoms with E-state index in [0.717, 1.165) is 11.1 Å². The van der Waals surface area contributed by atoms with Crippen molar-refractivity contribution in [1.82, 2.24) is 9.97 Å². The van der Waals surface area contributed by atoms with Crippen LogP contribution in [0.3, 0.4) is 0 Å². The molecule has 0 bridgehead atoms. The summed E-state index contributed by atoms with van der Waals surface area (Å²) in [5, 5.41) is 3.15. The number of pyridine rings is 1. The normalized spacial score (nSPS) is 11.4. The van der Waals surface area contributed by atoms with Crippen LogP contribution in [0.15, 0.2) is 65.6 Å². The lowest BCUT2D eigenvalue weighted by Gasteiger charge is -2.10. The predicted octanol–water partition coefficient (Wildman–Crippen LogP) is 4.43. The van der Waals surface area contributed by atoms with Crippen LogP contribution in [0.1, 0.15) is 12.5 Å². The van der Waals surface area contributed by atoms with Crippen molar-refractivity contribution in [3.8, 4) is 11.3 Å². The summed E-state index contributed by atoms with van der Waals surface area (Å²) < 4.78 is 27.9. The Morgan fingerprint density at radius 1 is 1.00 bits per heavy atom. The summed E-state index contributed by atoms with van der Waals surface area (Å²) in [6.45, 7) is 3.33. The van der Waals surface area contributed by atoms with Crippen LogP contribution >= 0.6 is 11.3 Å². The summed E-state index contributed by atoms with van der Waals surface area (Å²) in [6.07, 6.45) is 0. The number of fused-ring (bicyclic) bond motifs is 1. The monoisotopic (exact) mass is 438 g/mol. The number of carbonyl (C=O) groups excluding carboxylic acids is 1. The molecule has 0 fully saturated rings. The zero-order valence-corrected chi connectivity index (χ0v) is 17.8. The fraction of sp³-hybridized carbons (Fsp3) is 0.0952. The second-order valence-electron chi connectivity index (χ2n) is 6.72. The highest BCUT2D eigenvalue weighted by molar-refractivity contribution is 7.92. The lowest BCUT2D eigenvalue weighted by atomic mass is 10.1. The van der Waals surface area contributed by atoms with E-state index in [4.69, 9.17) is 0 Å². The van der Waals surface area contributed by atoms with E-state index < -0.39 is 10.0 Å². The number of thiazole rings is 1. The zero-order valence-electron chi connectivity index (χ0n) is 16.2. The van der Waals surface area contributed by atoms with Gasteiger partial charge in [0.15, 0.2) is 5.13 Å². The second kappa shape index (κ2) is 7.85. The summed E-state index contributed by atoms with van der Waals surface area (Å²) >= 11 is 1.28. The second-order valence-corrected chi connectivity index (χ2v) is 9.38. The number of amides is 1. The topological polar surface area (TPSA) is 101 Å². The number of sulfonamides is 1. The van der Waals surface area contributed by atoms with Crippen LogP contribution < -0.4 is 10.0 Å². The first kappa shape index (κ1) is 20.0. The van der Waals surface area contributed by atoms with Crippen molar-refractivity contribution in [2.45, 2.75) is 18.7 Å². The third-order valence-corrected chi connectivity index (χ3v) is 6.56. The maximum atomic E-state index is 12.7. The summed E-state index contributed by atoms with van der Waals surface area (Å²) in [5.74, 6) is -0.192. The Labute approximate surface area is 177 Å². The number of nitrogens with zero attached hydrogens (tertiary/aromatic N) is 2. The molecule has 0 aliphatic heterocycles. The number of nitrogens with one attached hydrogen (secondary N) is 2. The summed E-state index contributed by atoms with van der Waals surface area (Å²) in [5.41, 5.74) is 3.55. The molecule has 0 saturated carbocycles. The van der Waals surface area contributed by atoms with E-state index in [1.165, 1.54) is 18.3 Å². The summed E-state index contributed by atoms with van der Waals surface area (Å²) in [7, 11) is -3.69. The van der Waals surface area contributed by atoms with E-state index in [0.29, 0.717) is 26.9 Å². The van der Waals surface area contributed by atoms with Gasteiger partial charge in [0.2, 0.25) is 5.91 Å². The molecule has 2 aromatic heterocycles. The van der Waals surface area contributed by atoms with Crippen molar-refractivity contribution < 1.29 is 13.2 Å². The Morgan fingerprint density at radius 3 is 2.50 bits per heavy atom. The lowest BCUT2D eigenvalue weighted by Crippen LogP contribution is -2.12. The van der Waals surface area contributed by atoms with Crippen LogP contribution in [-0.4, -0.2) is 24.3 Å². The summed E-state index contributed by atoms with van der Waals surface area (Å²) in [4.78, 5) is 21.0. The zero-order chi connectivity index (χ0) is 21.3. The smallest absolute Gasteiger partial charge is 0.261 e. The van der Waals surface area contributed by atoms with Crippen LogP contribution in [0, 0.1) is 6.92 Å². The van der Waals surface area contributed by atoms with Gasteiger partial charge in [0, 0.05) is 18.2 Å². The van der Waals surface area contributed by atoms with Crippen LogP contribution in [-0.2, 0) is 14.8 Å². The third-order valence-electron chi connectivity index (χ3n) is 4.28. The van der Waals surface area contributed by atoms with Gasteiger partial charge in [0.25, 0.3) is 10.0 Å². The van der Waals surface area contributed by atoms with E-state index in [1.54, 1.807) is 42.5 Å². The van der Waals surface area contributed by atoms with Gasteiger partial charge in [0.1, 0.15) is 10.3 Å². The molecule has 0 unspecified atom stereocenters. The predicted molar refractivity (Wildman–Crippen MR) is 119 cm³/mol. The average Bonchev–Trinajstić information content (AvgIpc) is 3.08. The largest absolute Gasteiger partial charge is 0.302 e. The number of carbonyl (C=O) groups is 1. The molecule has 0 aliphatic rings. The minimum absolute atomic E-state index is 0.192. The Kier molecular flexibility index (Phi) is 5.23. The maximum absolute atomic E-state index is 12.7. The molecule has 152 valence electrons. The molecule has 2 aromatic carbocycles.